The minimum Gasteiger partial charge on any atom is -0.431 e. The molecule has 3 rings (SSSR count). The number of carbonyl (C=O) groups excluding carboxylic acids is 1. The van der Waals surface area contributed by atoms with Gasteiger partial charge in [0.15, 0.2) is 11.5 Å². The Labute approximate surface area is 179 Å². The molecule has 0 amide bonds. The van der Waals surface area contributed by atoms with E-state index >= 15 is 0 Å². The predicted molar refractivity (Wildman–Crippen MR) is 116 cm³/mol. The second-order valence-electron chi connectivity index (χ2n) is 6.70. The Kier molecular flexibility index (Phi) is 7.09. The highest BCUT2D eigenvalue weighted by molar-refractivity contribution is 7.96. The zero-order valence-electron chi connectivity index (χ0n) is 16.5. The minimum atomic E-state index is -3.56. The first-order valence-corrected chi connectivity index (χ1v) is 11.4. The van der Waals surface area contributed by atoms with Gasteiger partial charge in [0.1, 0.15) is 23.9 Å². The van der Waals surface area contributed by atoms with Crippen LogP contribution in [-0.2, 0) is 20.6 Å². The molecule has 0 radical (unpaired) electrons. The van der Waals surface area contributed by atoms with Crippen LogP contribution in [0.1, 0.15) is 13.8 Å². The lowest BCUT2D eigenvalue weighted by Gasteiger charge is -2.24. The molecule has 10 nitrogen and oxygen atoms in total. The molecule has 0 aliphatic carbocycles. The lowest BCUT2D eigenvalue weighted by molar-refractivity contribution is -0.111. The molecule has 0 aliphatic rings. The summed E-state index contributed by atoms with van der Waals surface area (Å²) in [6, 6.07) is 7.90. The number of imidazole rings is 1. The maximum absolute atomic E-state index is 13.4. The third kappa shape index (κ3) is 5.57. The Morgan fingerprint density at radius 2 is 2.00 bits per heavy atom. The summed E-state index contributed by atoms with van der Waals surface area (Å²) in [5.74, 6) is 0.693. The van der Waals surface area contributed by atoms with E-state index in [-0.39, 0.29) is 12.5 Å². The molecule has 3 aromatic rings. The monoisotopic (exact) mass is 450 g/mol. The van der Waals surface area contributed by atoms with Gasteiger partial charge in [-0.2, -0.15) is 0 Å². The Hall–Kier alpha value is -2.46. The van der Waals surface area contributed by atoms with E-state index in [1.165, 1.54) is 6.33 Å². The number of thiol groups is 1. The highest BCUT2D eigenvalue weighted by atomic mass is 32.1. The van der Waals surface area contributed by atoms with Crippen molar-refractivity contribution in [3.8, 4) is 5.75 Å². The van der Waals surface area contributed by atoms with Gasteiger partial charge in [-0.1, -0.05) is 18.2 Å². The predicted octanol–water partition coefficient (Wildman–Crippen LogP) is 2.48. The SMILES string of the molecule is C[C@H](Cn1cnc2c(N)ncnc21)OCP(=O)(N[C@@H](C)C(=O)S)Oc1ccccc1. The van der Waals surface area contributed by atoms with Gasteiger partial charge in [-0.25, -0.2) is 20.0 Å². The number of anilines is 1. The summed E-state index contributed by atoms with van der Waals surface area (Å²) >= 11 is 3.79. The number of hydrogen-bond acceptors (Lipinski definition) is 8. The quantitative estimate of drug-likeness (QED) is 0.314. The Morgan fingerprint density at radius 3 is 2.70 bits per heavy atom. The van der Waals surface area contributed by atoms with Crippen molar-refractivity contribution in [3.05, 3.63) is 43.0 Å². The molecule has 160 valence electrons. The molecule has 0 saturated heterocycles. The maximum atomic E-state index is 13.4. The van der Waals surface area contributed by atoms with Gasteiger partial charge in [-0.05, 0) is 26.0 Å². The zero-order valence-corrected chi connectivity index (χ0v) is 18.3. The molecular formula is C18H23N6O4PS. The summed E-state index contributed by atoms with van der Waals surface area (Å²) in [7, 11) is -3.56. The summed E-state index contributed by atoms with van der Waals surface area (Å²) in [4.78, 5) is 23.9. The molecule has 0 aliphatic heterocycles. The highest BCUT2D eigenvalue weighted by Gasteiger charge is 2.30. The van der Waals surface area contributed by atoms with Crippen LogP contribution < -0.4 is 15.3 Å². The van der Waals surface area contributed by atoms with Gasteiger partial charge in [0.05, 0.1) is 25.0 Å². The summed E-state index contributed by atoms with van der Waals surface area (Å²) in [6.45, 7) is 3.76. The number of hydrogen-bond donors (Lipinski definition) is 3. The smallest absolute Gasteiger partial charge is 0.342 e. The van der Waals surface area contributed by atoms with Crippen LogP contribution in [0.5, 0.6) is 5.75 Å². The number of aromatic nitrogens is 4. The van der Waals surface area contributed by atoms with E-state index in [2.05, 4.69) is 32.7 Å². The Balaban J connectivity index is 1.69. The summed E-state index contributed by atoms with van der Waals surface area (Å²) in [5.41, 5.74) is 6.89. The molecule has 0 bridgehead atoms. The largest absolute Gasteiger partial charge is 0.431 e. The number of rotatable bonds is 10. The molecule has 0 spiro atoms. The van der Waals surface area contributed by atoms with Crippen LogP contribution in [0, 0.1) is 0 Å². The molecule has 3 atom stereocenters. The average molecular weight is 450 g/mol. The van der Waals surface area contributed by atoms with Crippen LogP contribution in [0.15, 0.2) is 43.0 Å². The first-order chi connectivity index (χ1) is 14.3. The highest BCUT2D eigenvalue weighted by Crippen LogP contribution is 2.44. The number of carbonyl (C=O) groups is 1. The first kappa shape index (κ1) is 22.2. The topological polar surface area (TPSA) is 134 Å². The molecule has 1 unspecified atom stereocenters. The number of nitrogens with two attached hydrogens (primary N) is 1. The second kappa shape index (κ2) is 9.57. The van der Waals surface area contributed by atoms with Crippen molar-refractivity contribution in [2.45, 2.75) is 32.5 Å². The summed E-state index contributed by atoms with van der Waals surface area (Å²) in [6.07, 6.45) is 2.34. The number of para-hydroxylation sites is 1. The first-order valence-electron chi connectivity index (χ1n) is 9.14. The fourth-order valence-electron chi connectivity index (χ4n) is 2.68. The van der Waals surface area contributed by atoms with E-state index in [1.807, 2.05) is 13.0 Å². The van der Waals surface area contributed by atoms with E-state index < -0.39 is 18.7 Å². The van der Waals surface area contributed by atoms with E-state index in [1.54, 1.807) is 42.1 Å². The van der Waals surface area contributed by atoms with Crippen LogP contribution in [0.3, 0.4) is 0 Å². The van der Waals surface area contributed by atoms with Gasteiger partial charge in [-0.15, -0.1) is 12.6 Å². The summed E-state index contributed by atoms with van der Waals surface area (Å²) in [5, 5.41) is 2.26. The number of benzene rings is 1. The molecule has 12 heteroatoms. The third-order valence-electron chi connectivity index (χ3n) is 4.17. The number of fused-ring (bicyclic) bond motifs is 1. The number of nitrogen functional groups attached to an aromatic ring is 1. The lowest BCUT2D eigenvalue weighted by Crippen LogP contribution is -2.32. The van der Waals surface area contributed by atoms with Crippen LogP contribution in [0.4, 0.5) is 5.82 Å². The Morgan fingerprint density at radius 1 is 1.27 bits per heavy atom. The molecule has 0 fully saturated rings. The van der Waals surface area contributed by atoms with Crippen LogP contribution in [0.25, 0.3) is 11.2 Å². The average Bonchev–Trinajstić information content (AvgIpc) is 3.11. The van der Waals surface area contributed by atoms with E-state index in [9.17, 15) is 9.36 Å². The Bertz CT molecular complexity index is 1060. The standard InChI is InChI=1S/C18H23N6O4PS/c1-12(8-24-10-22-15-16(19)20-9-21-17(15)24)27-11-29(26,23-13(2)18(25)30)28-14-6-4-3-5-7-14/h3-7,9-10,12-13H,8,11H2,1-2H3,(H,23,26)(H,25,30)(H2,19,20,21)/t12-,13+,29?/m1/s1. The molecule has 1 aromatic carbocycles. The zero-order chi connectivity index (χ0) is 21.7. The number of ether oxygens (including phenoxy) is 1. The van der Waals surface area contributed by atoms with Crippen molar-refractivity contribution >= 4 is 42.2 Å². The third-order valence-corrected chi connectivity index (χ3v) is 6.33. The normalized spacial score (nSPS) is 15.4. The van der Waals surface area contributed by atoms with Crippen LogP contribution in [0.2, 0.25) is 0 Å². The van der Waals surface area contributed by atoms with Crippen molar-refractivity contribution in [3.63, 3.8) is 0 Å². The maximum Gasteiger partial charge on any atom is 0.342 e. The number of nitrogens with one attached hydrogen (secondary N) is 1. The molecular weight excluding hydrogens is 427 g/mol. The lowest BCUT2D eigenvalue weighted by atomic mass is 10.3. The molecule has 2 aromatic heterocycles. The van der Waals surface area contributed by atoms with Gasteiger partial charge in [0.25, 0.3) is 0 Å². The van der Waals surface area contributed by atoms with Gasteiger partial charge < -0.3 is 19.6 Å². The van der Waals surface area contributed by atoms with Crippen LogP contribution >= 0.6 is 20.1 Å². The second-order valence-corrected chi connectivity index (χ2v) is 9.19. The van der Waals surface area contributed by atoms with E-state index in [0.29, 0.717) is 29.3 Å². The van der Waals surface area contributed by atoms with Crippen molar-refractivity contribution < 1.29 is 18.6 Å². The minimum absolute atomic E-state index is 0.252. The van der Waals surface area contributed by atoms with E-state index in [0.717, 1.165) is 0 Å². The molecule has 2 heterocycles. The molecule has 30 heavy (non-hydrogen) atoms. The van der Waals surface area contributed by atoms with E-state index in [4.69, 9.17) is 15.0 Å². The van der Waals surface area contributed by atoms with Crippen molar-refractivity contribution in [1.29, 1.82) is 0 Å². The molecule has 0 saturated carbocycles. The van der Waals surface area contributed by atoms with Crippen molar-refractivity contribution in [1.82, 2.24) is 24.6 Å². The van der Waals surface area contributed by atoms with Crippen LogP contribution in [-0.4, -0.2) is 43.1 Å². The number of nitrogens with zero attached hydrogens (tertiary/aromatic N) is 4. The van der Waals surface area contributed by atoms with Crippen molar-refractivity contribution in [2.75, 3.05) is 12.1 Å². The summed E-state index contributed by atoms with van der Waals surface area (Å²) < 4.78 is 26.6. The molecule has 3 N–H and O–H groups in total. The van der Waals surface area contributed by atoms with Gasteiger partial charge in [0, 0.05) is 0 Å². The fourth-order valence-corrected chi connectivity index (χ4v) is 4.65. The van der Waals surface area contributed by atoms with Gasteiger partial charge in [0.2, 0.25) is 5.12 Å². The fraction of sp³-hybridized carbons (Fsp3) is 0.333. The van der Waals surface area contributed by atoms with Crippen molar-refractivity contribution in [2.24, 2.45) is 0 Å². The van der Waals surface area contributed by atoms with Gasteiger partial charge in [-0.3, -0.25) is 9.36 Å². The van der Waals surface area contributed by atoms with Gasteiger partial charge >= 0.3 is 7.52 Å².